The summed E-state index contributed by atoms with van der Waals surface area (Å²) >= 11 is 11.7. The van der Waals surface area contributed by atoms with Crippen molar-refractivity contribution >= 4 is 29.0 Å². The molecule has 94 valence electrons. The van der Waals surface area contributed by atoms with E-state index >= 15 is 0 Å². The minimum atomic E-state index is -0.126. The van der Waals surface area contributed by atoms with Gasteiger partial charge in [-0.25, -0.2) is 0 Å². The molecule has 0 N–H and O–H groups in total. The molecule has 0 amide bonds. The van der Waals surface area contributed by atoms with Crippen LogP contribution in [0.4, 0.5) is 0 Å². The Morgan fingerprint density at radius 3 is 2.47 bits per heavy atom. The van der Waals surface area contributed by atoms with Crippen molar-refractivity contribution in [3.8, 4) is 0 Å². The quantitative estimate of drug-likeness (QED) is 0.751. The molecule has 0 bridgehead atoms. The van der Waals surface area contributed by atoms with Gasteiger partial charge in [-0.2, -0.15) is 0 Å². The molecule has 0 aromatic heterocycles. The molecule has 0 heterocycles. The third-order valence-electron chi connectivity index (χ3n) is 2.65. The van der Waals surface area contributed by atoms with E-state index in [1.807, 2.05) is 20.8 Å². The van der Waals surface area contributed by atoms with Crippen LogP contribution in [0.25, 0.3) is 0 Å². The standard InChI is InChI=1S/C13H16Cl2O2/c1-8(2)9(3)17-7-13(16)11-5-4-10(14)6-12(11)15/h4-6,8-9H,7H2,1-3H3. The van der Waals surface area contributed by atoms with Crippen LogP contribution < -0.4 is 0 Å². The summed E-state index contributed by atoms with van der Waals surface area (Å²) in [5.41, 5.74) is 0.451. The lowest BCUT2D eigenvalue weighted by Crippen LogP contribution is -2.20. The van der Waals surface area contributed by atoms with E-state index in [9.17, 15) is 4.79 Å². The topological polar surface area (TPSA) is 26.3 Å². The van der Waals surface area contributed by atoms with Gasteiger partial charge in [0.1, 0.15) is 6.61 Å². The van der Waals surface area contributed by atoms with Crippen LogP contribution in [0, 0.1) is 5.92 Å². The van der Waals surface area contributed by atoms with Crippen LogP contribution in [0.15, 0.2) is 18.2 Å². The summed E-state index contributed by atoms with van der Waals surface area (Å²) in [6.07, 6.45) is 0.0463. The number of hydrogen-bond donors (Lipinski definition) is 0. The molecule has 1 aromatic carbocycles. The lowest BCUT2D eigenvalue weighted by atomic mass is 10.1. The first-order valence-electron chi connectivity index (χ1n) is 5.51. The van der Waals surface area contributed by atoms with Gasteiger partial charge in [-0.1, -0.05) is 37.0 Å². The first-order chi connectivity index (χ1) is 7.91. The van der Waals surface area contributed by atoms with Crippen molar-refractivity contribution in [1.82, 2.24) is 0 Å². The van der Waals surface area contributed by atoms with Crippen LogP contribution in [-0.4, -0.2) is 18.5 Å². The van der Waals surface area contributed by atoms with Gasteiger partial charge < -0.3 is 4.74 Å². The Kier molecular flexibility index (Phi) is 5.44. The molecule has 2 nitrogen and oxygen atoms in total. The molecule has 17 heavy (non-hydrogen) atoms. The van der Waals surface area contributed by atoms with E-state index in [2.05, 4.69) is 0 Å². The molecule has 0 aliphatic rings. The zero-order valence-corrected chi connectivity index (χ0v) is 11.7. The summed E-state index contributed by atoms with van der Waals surface area (Å²) in [5.74, 6) is 0.252. The van der Waals surface area contributed by atoms with Crippen LogP contribution in [0.1, 0.15) is 31.1 Å². The second-order valence-electron chi connectivity index (χ2n) is 4.31. The third kappa shape index (κ3) is 4.30. The van der Waals surface area contributed by atoms with Gasteiger partial charge in [-0.3, -0.25) is 4.79 Å². The van der Waals surface area contributed by atoms with Crippen LogP contribution in [0.5, 0.6) is 0 Å². The highest BCUT2D eigenvalue weighted by molar-refractivity contribution is 6.36. The summed E-state index contributed by atoms with van der Waals surface area (Å²) < 4.78 is 5.46. The lowest BCUT2D eigenvalue weighted by Gasteiger charge is -2.16. The summed E-state index contributed by atoms with van der Waals surface area (Å²) in [6, 6.07) is 4.82. The molecule has 0 fully saturated rings. The van der Waals surface area contributed by atoms with Gasteiger partial charge >= 0.3 is 0 Å². The van der Waals surface area contributed by atoms with Crippen molar-refractivity contribution in [1.29, 1.82) is 0 Å². The number of ether oxygens (including phenoxy) is 1. The number of benzene rings is 1. The molecule has 1 unspecified atom stereocenters. The maximum absolute atomic E-state index is 11.9. The van der Waals surface area contributed by atoms with Gasteiger partial charge in [0.2, 0.25) is 0 Å². The van der Waals surface area contributed by atoms with Gasteiger partial charge in [-0.05, 0) is 31.0 Å². The smallest absolute Gasteiger partial charge is 0.189 e. The van der Waals surface area contributed by atoms with Crippen LogP contribution in [-0.2, 0) is 4.74 Å². The second-order valence-corrected chi connectivity index (χ2v) is 5.15. The van der Waals surface area contributed by atoms with Crippen LogP contribution in [0.3, 0.4) is 0 Å². The van der Waals surface area contributed by atoms with Crippen molar-refractivity contribution in [2.75, 3.05) is 6.61 Å². The molecule has 0 radical (unpaired) electrons. The highest BCUT2D eigenvalue weighted by atomic mass is 35.5. The molecular formula is C13H16Cl2O2. The van der Waals surface area contributed by atoms with Crippen molar-refractivity contribution in [3.05, 3.63) is 33.8 Å². The highest BCUT2D eigenvalue weighted by Gasteiger charge is 2.14. The van der Waals surface area contributed by atoms with E-state index < -0.39 is 0 Å². The number of halogens is 2. The fourth-order valence-corrected chi connectivity index (χ4v) is 1.71. The van der Waals surface area contributed by atoms with E-state index in [0.717, 1.165) is 0 Å². The molecule has 0 spiro atoms. The Morgan fingerprint density at radius 2 is 1.94 bits per heavy atom. The van der Waals surface area contributed by atoms with Crippen molar-refractivity contribution in [2.24, 2.45) is 5.92 Å². The van der Waals surface area contributed by atoms with E-state index in [0.29, 0.717) is 21.5 Å². The number of ketones is 1. The van der Waals surface area contributed by atoms with Crippen LogP contribution >= 0.6 is 23.2 Å². The second kappa shape index (κ2) is 6.39. The Hall–Kier alpha value is -0.570. The summed E-state index contributed by atoms with van der Waals surface area (Å²) in [5, 5.41) is 0.881. The maximum atomic E-state index is 11.9. The Labute approximate surface area is 112 Å². The molecule has 4 heteroatoms. The van der Waals surface area contributed by atoms with Gasteiger partial charge in [0.25, 0.3) is 0 Å². The number of carbonyl (C=O) groups is 1. The average Bonchev–Trinajstić information content (AvgIpc) is 2.25. The van der Waals surface area contributed by atoms with E-state index in [-0.39, 0.29) is 18.5 Å². The fraction of sp³-hybridized carbons (Fsp3) is 0.462. The monoisotopic (exact) mass is 274 g/mol. The maximum Gasteiger partial charge on any atom is 0.189 e. The van der Waals surface area contributed by atoms with Gasteiger partial charge in [0, 0.05) is 10.6 Å². The van der Waals surface area contributed by atoms with E-state index in [4.69, 9.17) is 27.9 Å². The number of carbonyl (C=O) groups excluding carboxylic acids is 1. The number of hydrogen-bond acceptors (Lipinski definition) is 2. The lowest BCUT2D eigenvalue weighted by molar-refractivity contribution is 0.0336. The normalized spacial score (nSPS) is 12.8. The molecule has 1 atom stereocenters. The first-order valence-corrected chi connectivity index (χ1v) is 6.27. The molecule has 1 rings (SSSR count). The largest absolute Gasteiger partial charge is 0.370 e. The SMILES string of the molecule is CC(C)C(C)OCC(=O)c1ccc(Cl)cc1Cl. The molecular weight excluding hydrogens is 259 g/mol. The Bertz CT molecular complexity index is 402. The Balaban J connectivity index is 2.64. The number of Topliss-reactive ketones (excluding diaryl/α,β-unsaturated/α-hetero) is 1. The zero-order chi connectivity index (χ0) is 13.0. The predicted molar refractivity (Wildman–Crippen MR) is 71.0 cm³/mol. The van der Waals surface area contributed by atoms with E-state index in [1.54, 1.807) is 18.2 Å². The summed E-state index contributed by atoms with van der Waals surface area (Å²) in [6.45, 7) is 6.08. The minimum Gasteiger partial charge on any atom is -0.370 e. The zero-order valence-electron chi connectivity index (χ0n) is 10.2. The minimum absolute atomic E-state index is 0.0424. The van der Waals surface area contributed by atoms with Gasteiger partial charge in [0.05, 0.1) is 11.1 Å². The highest BCUT2D eigenvalue weighted by Crippen LogP contribution is 2.21. The molecule has 0 aliphatic carbocycles. The average molecular weight is 275 g/mol. The predicted octanol–water partition coefficient (Wildman–Crippen LogP) is 4.24. The Morgan fingerprint density at radius 1 is 1.29 bits per heavy atom. The first kappa shape index (κ1) is 14.5. The van der Waals surface area contributed by atoms with Crippen LogP contribution in [0.2, 0.25) is 10.0 Å². The van der Waals surface area contributed by atoms with Gasteiger partial charge in [-0.15, -0.1) is 0 Å². The third-order valence-corrected chi connectivity index (χ3v) is 3.20. The van der Waals surface area contributed by atoms with Gasteiger partial charge in [0.15, 0.2) is 5.78 Å². The van der Waals surface area contributed by atoms with Crippen molar-refractivity contribution in [2.45, 2.75) is 26.9 Å². The summed E-state index contributed by atoms with van der Waals surface area (Å²) in [7, 11) is 0. The van der Waals surface area contributed by atoms with E-state index in [1.165, 1.54) is 0 Å². The number of rotatable bonds is 5. The fourth-order valence-electron chi connectivity index (χ4n) is 1.19. The van der Waals surface area contributed by atoms with Crippen molar-refractivity contribution in [3.63, 3.8) is 0 Å². The molecule has 1 aromatic rings. The molecule has 0 saturated heterocycles. The molecule has 0 aliphatic heterocycles. The molecule has 0 saturated carbocycles. The summed E-state index contributed by atoms with van der Waals surface area (Å²) in [4.78, 5) is 11.9. The van der Waals surface area contributed by atoms with Crippen molar-refractivity contribution < 1.29 is 9.53 Å².